The maximum absolute atomic E-state index is 6.23. The van der Waals surface area contributed by atoms with Crippen LogP contribution in [0.15, 0.2) is 180 Å². The van der Waals surface area contributed by atoms with Crippen LogP contribution in [0.4, 0.5) is 17.1 Å². The zero-order valence-electron chi connectivity index (χ0n) is 26.5. The summed E-state index contributed by atoms with van der Waals surface area (Å²) in [4.78, 5) is 2.38. The van der Waals surface area contributed by atoms with Gasteiger partial charge < -0.3 is 9.32 Å². The van der Waals surface area contributed by atoms with Gasteiger partial charge in [0.2, 0.25) is 0 Å². The number of anilines is 3. The van der Waals surface area contributed by atoms with Crippen molar-refractivity contribution in [2.75, 3.05) is 4.90 Å². The third kappa shape index (κ3) is 4.70. The molecule has 8 aromatic carbocycles. The predicted octanol–water partition coefficient (Wildman–Crippen LogP) is 13.9. The fraction of sp³-hybridized carbons (Fsp3) is 0. The van der Waals surface area contributed by atoms with Gasteiger partial charge in [-0.15, -0.1) is 11.3 Å². The number of rotatable bonds is 5. The van der Waals surface area contributed by atoms with E-state index in [1.165, 1.54) is 53.2 Å². The van der Waals surface area contributed by atoms with Crippen LogP contribution in [0, 0.1) is 0 Å². The molecule has 0 aliphatic heterocycles. The summed E-state index contributed by atoms with van der Waals surface area (Å²) < 4.78 is 8.83. The molecule has 0 N–H and O–H groups in total. The van der Waals surface area contributed by atoms with Gasteiger partial charge in [-0.2, -0.15) is 0 Å². The van der Waals surface area contributed by atoms with Gasteiger partial charge >= 0.3 is 0 Å². The van der Waals surface area contributed by atoms with Gasteiger partial charge in [0, 0.05) is 48.0 Å². The first-order chi connectivity index (χ1) is 24.3. The van der Waals surface area contributed by atoms with Gasteiger partial charge in [0.1, 0.15) is 11.2 Å². The highest BCUT2D eigenvalue weighted by Gasteiger charge is 2.18. The van der Waals surface area contributed by atoms with E-state index < -0.39 is 0 Å². The van der Waals surface area contributed by atoms with Gasteiger partial charge in [0.05, 0.1) is 0 Å². The molecule has 0 fully saturated rings. The average molecular weight is 644 g/mol. The van der Waals surface area contributed by atoms with Gasteiger partial charge in [-0.3, -0.25) is 0 Å². The van der Waals surface area contributed by atoms with E-state index in [2.05, 4.69) is 169 Å². The Bertz CT molecular complexity index is 2740. The second-order valence-electron chi connectivity index (χ2n) is 12.6. The van der Waals surface area contributed by atoms with Crippen LogP contribution in [0.1, 0.15) is 0 Å². The maximum Gasteiger partial charge on any atom is 0.135 e. The van der Waals surface area contributed by atoms with E-state index in [1.54, 1.807) is 0 Å². The second-order valence-corrected chi connectivity index (χ2v) is 13.6. The number of fused-ring (bicyclic) bond motifs is 7. The zero-order chi connectivity index (χ0) is 32.3. The van der Waals surface area contributed by atoms with Crippen molar-refractivity contribution >= 4 is 81.3 Å². The summed E-state index contributed by atoms with van der Waals surface area (Å²) in [5.41, 5.74) is 9.90. The molecular formula is C46H29NOS. The molecule has 230 valence electrons. The number of benzene rings is 8. The number of furan rings is 1. The van der Waals surface area contributed by atoms with E-state index >= 15 is 0 Å². The molecule has 3 heteroatoms. The Morgan fingerprint density at radius 1 is 0.367 bits per heavy atom. The topological polar surface area (TPSA) is 16.4 Å². The monoisotopic (exact) mass is 643 g/mol. The molecule has 2 heterocycles. The van der Waals surface area contributed by atoms with E-state index in [9.17, 15) is 0 Å². The number of hydrogen-bond acceptors (Lipinski definition) is 3. The minimum absolute atomic E-state index is 0.892. The number of thiophene rings is 1. The second kappa shape index (κ2) is 11.2. The molecule has 0 radical (unpaired) electrons. The molecule has 0 unspecified atom stereocenters. The predicted molar refractivity (Wildman–Crippen MR) is 210 cm³/mol. The third-order valence-electron chi connectivity index (χ3n) is 9.64. The van der Waals surface area contributed by atoms with Crippen LogP contribution in [0.3, 0.4) is 0 Å². The van der Waals surface area contributed by atoms with Crippen LogP contribution in [0.5, 0.6) is 0 Å². The molecule has 0 saturated heterocycles. The summed E-state index contributed by atoms with van der Waals surface area (Å²) in [5, 5.41) is 7.31. The van der Waals surface area contributed by atoms with E-state index in [1.807, 2.05) is 23.5 Å². The first kappa shape index (κ1) is 27.9. The highest BCUT2D eigenvalue weighted by molar-refractivity contribution is 7.25. The van der Waals surface area contributed by atoms with Crippen molar-refractivity contribution in [2.45, 2.75) is 0 Å². The summed E-state index contributed by atoms with van der Waals surface area (Å²) in [6, 6.07) is 63.4. The van der Waals surface area contributed by atoms with Crippen molar-refractivity contribution in [3.8, 4) is 22.3 Å². The first-order valence-corrected chi connectivity index (χ1v) is 17.4. The van der Waals surface area contributed by atoms with Crippen molar-refractivity contribution < 1.29 is 4.42 Å². The quantitative estimate of drug-likeness (QED) is 0.186. The largest absolute Gasteiger partial charge is 0.456 e. The maximum atomic E-state index is 6.23. The van der Waals surface area contributed by atoms with Crippen LogP contribution >= 0.6 is 11.3 Å². The molecule has 10 rings (SSSR count). The summed E-state index contributed by atoms with van der Waals surface area (Å²) in [6.07, 6.45) is 0. The normalized spacial score (nSPS) is 11.7. The van der Waals surface area contributed by atoms with E-state index in [0.717, 1.165) is 39.0 Å². The molecular weight excluding hydrogens is 615 g/mol. The van der Waals surface area contributed by atoms with Gasteiger partial charge in [-0.25, -0.2) is 0 Å². The van der Waals surface area contributed by atoms with E-state index in [0.29, 0.717) is 0 Å². The van der Waals surface area contributed by atoms with Gasteiger partial charge in [-0.05, 0) is 99.8 Å². The molecule has 0 aliphatic rings. The standard InChI is InChI=1S/C46H29NOS/c1-2-16-37-30(10-1)11-9-19-38(37)33-14-7-12-31(26-33)32-13-8-15-34(27-32)47(35-22-24-44-41(28-35)39-17-3-5-20-43(39)48-44)36-23-25-46-42(29-36)40-18-4-6-21-45(40)49-46/h1-29H. The highest BCUT2D eigenvalue weighted by Crippen LogP contribution is 2.43. The lowest BCUT2D eigenvalue weighted by Gasteiger charge is -2.26. The molecule has 2 aromatic heterocycles. The Hall–Kier alpha value is -6.16. The summed E-state index contributed by atoms with van der Waals surface area (Å²) in [5.74, 6) is 0. The first-order valence-electron chi connectivity index (χ1n) is 16.6. The molecule has 49 heavy (non-hydrogen) atoms. The average Bonchev–Trinajstić information content (AvgIpc) is 3.73. The van der Waals surface area contributed by atoms with Crippen molar-refractivity contribution in [1.29, 1.82) is 0 Å². The summed E-state index contributed by atoms with van der Waals surface area (Å²) >= 11 is 1.85. The molecule has 10 aromatic rings. The molecule has 0 atom stereocenters. The van der Waals surface area contributed by atoms with Crippen LogP contribution in [0.25, 0.3) is 75.1 Å². The van der Waals surface area contributed by atoms with Crippen molar-refractivity contribution in [2.24, 2.45) is 0 Å². The molecule has 0 amide bonds. The van der Waals surface area contributed by atoms with Gasteiger partial charge in [-0.1, -0.05) is 109 Å². The Kier molecular flexibility index (Phi) is 6.39. The lowest BCUT2D eigenvalue weighted by atomic mass is 9.95. The zero-order valence-corrected chi connectivity index (χ0v) is 27.3. The highest BCUT2D eigenvalue weighted by atomic mass is 32.1. The smallest absolute Gasteiger partial charge is 0.135 e. The minimum Gasteiger partial charge on any atom is -0.456 e. The fourth-order valence-corrected chi connectivity index (χ4v) is 8.41. The molecule has 0 bridgehead atoms. The summed E-state index contributed by atoms with van der Waals surface area (Å²) in [6.45, 7) is 0. The van der Waals surface area contributed by atoms with Crippen LogP contribution in [0.2, 0.25) is 0 Å². The molecule has 0 aliphatic carbocycles. The lowest BCUT2D eigenvalue weighted by Crippen LogP contribution is -2.10. The van der Waals surface area contributed by atoms with Gasteiger partial charge in [0.25, 0.3) is 0 Å². The van der Waals surface area contributed by atoms with Crippen LogP contribution in [-0.2, 0) is 0 Å². The van der Waals surface area contributed by atoms with Crippen LogP contribution in [-0.4, -0.2) is 0 Å². The number of para-hydroxylation sites is 1. The number of nitrogens with zero attached hydrogens (tertiary/aromatic N) is 1. The fourth-order valence-electron chi connectivity index (χ4n) is 7.32. The van der Waals surface area contributed by atoms with Crippen LogP contribution < -0.4 is 4.90 Å². The minimum atomic E-state index is 0.892. The van der Waals surface area contributed by atoms with Crippen molar-refractivity contribution in [3.05, 3.63) is 176 Å². The van der Waals surface area contributed by atoms with E-state index in [4.69, 9.17) is 4.42 Å². The Balaban J connectivity index is 1.15. The lowest BCUT2D eigenvalue weighted by molar-refractivity contribution is 0.669. The van der Waals surface area contributed by atoms with Crippen molar-refractivity contribution in [3.63, 3.8) is 0 Å². The SMILES string of the molecule is c1cc(-c2cccc(N(c3ccc4oc5ccccc5c4c3)c3ccc4sc5ccccc5c4c3)c2)cc(-c2cccc3ccccc23)c1. The Morgan fingerprint density at radius 2 is 0.980 bits per heavy atom. The van der Waals surface area contributed by atoms with E-state index in [-0.39, 0.29) is 0 Å². The molecule has 0 spiro atoms. The van der Waals surface area contributed by atoms with Gasteiger partial charge in [0.15, 0.2) is 0 Å². The Labute approximate surface area is 287 Å². The molecule has 0 saturated carbocycles. The third-order valence-corrected chi connectivity index (χ3v) is 10.8. The Morgan fingerprint density at radius 3 is 1.90 bits per heavy atom. The van der Waals surface area contributed by atoms with Crippen molar-refractivity contribution in [1.82, 2.24) is 0 Å². The number of hydrogen-bond donors (Lipinski definition) is 0. The summed E-state index contributed by atoms with van der Waals surface area (Å²) in [7, 11) is 0. The molecule has 2 nitrogen and oxygen atoms in total.